The fourth-order valence-corrected chi connectivity index (χ4v) is 2.91. The molecule has 1 fully saturated rings. The van der Waals surface area contributed by atoms with Gasteiger partial charge in [0.25, 0.3) is 11.8 Å². The summed E-state index contributed by atoms with van der Waals surface area (Å²) in [5.74, 6) is -0.857. The first kappa shape index (κ1) is 15.6. The number of likely N-dealkylation sites (N-methyl/N-ethyl adjacent to an activating group) is 1. The molecule has 0 saturated heterocycles. The Kier molecular flexibility index (Phi) is 4.69. The highest BCUT2D eigenvalue weighted by Crippen LogP contribution is 2.35. The van der Waals surface area contributed by atoms with Crippen LogP contribution in [0.3, 0.4) is 0 Å². The molecule has 2 amide bonds. The summed E-state index contributed by atoms with van der Waals surface area (Å²) in [4.78, 5) is 26.1. The molecule has 1 aliphatic rings. The minimum atomic E-state index is -0.624. The van der Waals surface area contributed by atoms with Crippen LogP contribution >= 0.6 is 11.3 Å². The minimum absolute atomic E-state index is 0.165. The Morgan fingerprint density at radius 1 is 1.38 bits per heavy atom. The highest BCUT2D eigenvalue weighted by atomic mass is 32.1. The average molecular weight is 311 g/mol. The zero-order valence-corrected chi connectivity index (χ0v) is 13.0. The average Bonchev–Trinajstić information content (AvgIpc) is 3.11. The van der Waals surface area contributed by atoms with Gasteiger partial charge in [-0.05, 0) is 26.9 Å². The Hall–Kier alpha value is -1.80. The molecule has 1 heterocycles. The number of nitrogen functional groups attached to an aromatic ring is 1. The van der Waals surface area contributed by atoms with Crippen molar-refractivity contribution < 1.29 is 9.59 Å². The maximum Gasteiger partial charge on any atom is 0.263 e. The van der Waals surface area contributed by atoms with Crippen molar-refractivity contribution in [3.05, 3.63) is 10.4 Å². The number of primary amides is 1. The van der Waals surface area contributed by atoms with E-state index in [1.165, 1.54) is 11.3 Å². The van der Waals surface area contributed by atoms with Gasteiger partial charge < -0.3 is 27.0 Å². The number of carbonyl (C=O) groups is 2. The van der Waals surface area contributed by atoms with E-state index in [4.69, 9.17) is 11.5 Å². The number of carbonyl (C=O) groups excluding carboxylic acids is 2. The van der Waals surface area contributed by atoms with Crippen LogP contribution in [0.2, 0.25) is 0 Å². The van der Waals surface area contributed by atoms with Gasteiger partial charge in [-0.1, -0.05) is 0 Å². The van der Waals surface area contributed by atoms with Gasteiger partial charge in [-0.15, -0.1) is 11.3 Å². The standard InChI is InChI=1S/C13H21N5O2S/c1-18(2)6-5-16-13-8(11(15)19)9(14)10(21-13)12(20)17-7-3-4-7/h7,16H,3-6,14H2,1-2H3,(H2,15,19)(H,17,20). The van der Waals surface area contributed by atoms with Crippen molar-refractivity contribution >= 4 is 33.8 Å². The van der Waals surface area contributed by atoms with Gasteiger partial charge in [0, 0.05) is 19.1 Å². The SMILES string of the molecule is CN(C)CCNc1sc(C(=O)NC2CC2)c(N)c1C(N)=O. The Balaban J connectivity index is 2.17. The molecule has 0 spiro atoms. The fourth-order valence-electron chi connectivity index (χ4n) is 1.85. The summed E-state index contributed by atoms with van der Waals surface area (Å²) in [6, 6.07) is 0.237. The van der Waals surface area contributed by atoms with E-state index in [0.29, 0.717) is 16.4 Å². The van der Waals surface area contributed by atoms with Gasteiger partial charge in [0.1, 0.15) is 9.88 Å². The van der Waals surface area contributed by atoms with E-state index >= 15 is 0 Å². The number of amides is 2. The summed E-state index contributed by atoms with van der Waals surface area (Å²) < 4.78 is 0. The Morgan fingerprint density at radius 3 is 2.57 bits per heavy atom. The number of anilines is 2. The van der Waals surface area contributed by atoms with Crippen LogP contribution in [0.15, 0.2) is 0 Å². The molecule has 0 radical (unpaired) electrons. The van der Waals surface area contributed by atoms with Crippen molar-refractivity contribution in [2.45, 2.75) is 18.9 Å². The largest absolute Gasteiger partial charge is 0.397 e. The summed E-state index contributed by atoms with van der Waals surface area (Å²) in [5, 5.41) is 6.55. The smallest absolute Gasteiger partial charge is 0.263 e. The third-order valence-corrected chi connectivity index (χ3v) is 4.32. The van der Waals surface area contributed by atoms with Gasteiger partial charge in [0.05, 0.1) is 11.3 Å². The second-order valence-electron chi connectivity index (χ2n) is 5.39. The summed E-state index contributed by atoms with van der Waals surface area (Å²) >= 11 is 1.18. The van der Waals surface area contributed by atoms with Gasteiger partial charge in [-0.25, -0.2) is 0 Å². The first-order chi connectivity index (χ1) is 9.90. The van der Waals surface area contributed by atoms with Crippen LogP contribution in [0, 0.1) is 0 Å². The van der Waals surface area contributed by atoms with Crippen LogP contribution in [-0.4, -0.2) is 49.9 Å². The number of hydrogen-bond acceptors (Lipinski definition) is 6. The van der Waals surface area contributed by atoms with E-state index in [1.54, 1.807) is 0 Å². The lowest BCUT2D eigenvalue weighted by Gasteiger charge is -2.10. The van der Waals surface area contributed by atoms with E-state index in [2.05, 4.69) is 10.6 Å². The maximum atomic E-state index is 12.1. The van der Waals surface area contributed by atoms with Crippen molar-refractivity contribution in [2.24, 2.45) is 5.73 Å². The molecule has 0 bridgehead atoms. The summed E-state index contributed by atoms with van der Waals surface area (Å²) in [7, 11) is 3.90. The first-order valence-electron chi connectivity index (χ1n) is 6.81. The Morgan fingerprint density at radius 2 is 2.05 bits per heavy atom. The normalized spacial score (nSPS) is 14.2. The molecule has 116 valence electrons. The molecule has 8 heteroatoms. The highest BCUT2D eigenvalue weighted by molar-refractivity contribution is 7.19. The molecule has 0 aromatic carbocycles. The number of thiophene rings is 1. The Bertz CT molecular complexity index is 551. The van der Waals surface area contributed by atoms with Gasteiger partial charge in [-0.3, -0.25) is 9.59 Å². The lowest BCUT2D eigenvalue weighted by atomic mass is 10.2. The molecule has 1 aromatic heterocycles. The van der Waals surface area contributed by atoms with Crippen molar-refractivity contribution in [1.82, 2.24) is 10.2 Å². The predicted octanol–water partition coefficient (Wildman–Crippen LogP) is 0.295. The van der Waals surface area contributed by atoms with Crippen LogP contribution in [0.5, 0.6) is 0 Å². The van der Waals surface area contributed by atoms with Crippen LogP contribution in [0.1, 0.15) is 32.9 Å². The molecule has 2 rings (SSSR count). The molecule has 1 aromatic rings. The lowest BCUT2D eigenvalue weighted by Crippen LogP contribution is -2.25. The van der Waals surface area contributed by atoms with E-state index in [9.17, 15) is 9.59 Å². The van der Waals surface area contributed by atoms with Crippen molar-refractivity contribution in [3.63, 3.8) is 0 Å². The fraction of sp³-hybridized carbons (Fsp3) is 0.538. The van der Waals surface area contributed by atoms with Crippen LogP contribution < -0.4 is 22.1 Å². The number of nitrogens with two attached hydrogens (primary N) is 2. The predicted molar refractivity (Wildman–Crippen MR) is 84.8 cm³/mol. The number of nitrogens with zero attached hydrogens (tertiary/aromatic N) is 1. The molecule has 1 saturated carbocycles. The molecule has 0 atom stereocenters. The van der Waals surface area contributed by atoms with Gasteiger partial charge in [0.2, 0.25) is 0 Å². The quantitative estimate of drug-likeness (QED) is 0.578. The number of rotatable bonds is 7. The van der Waals surface area contributed by atoms with E-state index in [-0.39, 0.29) is 23.2 Å². The second-order valence-corrected chi connectivity index (χ2v) is 6.41. The zero-order chi connectivity index (χ0) is 15.6. The van der Waals surface area contributed by atoms with Crippen molar-refractivity contribution in [3.8, 4) is 0 Å². The molecular formula is C13H21N5O2S. The third-order valence-electron chi connectivity index (χ3n) is 3.15. The van der Waals surface area contributed by atoms with Crippen molar-refractivity contribution in [1.29, 1.82) is 0 Å². The van der Waals surface area contributed by atoms with Gasteiger partial charge in [0.15, 0.2) is 0 Å². The van der Waals surface area contributed by atoms with E-state index < -0.39 is 5.91 Å². The summed E-state index contributed by atoms with van der Waals surface area (Å²) in [6.07, 6.45) is 1.99. The van der Waals surface area contributed by atoms with Crippen LogP contribution in [0.25, 0.3) is 0 Å². The molecule has 1 aliphatic carbocycles. The van der Waals surface area contributed by atoms with Gasteiger partial charge >= 0.3 is 0 Å². The first-order valence-corrected chi connectivity index (χ1v) is 7.63. The maximum absolute atomic E-state index is 12.1. The summed E-state index contributed by atoms with van der Waals surface area (Å²) in [5.41, 5.74) is 11.7. The monoisotopic (exact) mass is 311 g/mol. The molecule has 7 nitrogen and oxygen atoms in total. The topological polar surface area (TPSA) is 113 Å². The second kappa shape index (κ2) is 6.31. The van der Waals surface area contributed by atoms with Gasteiger partial charge in [-0.2, -0.15) is 0 Å². The Labute approximate surface area is 127 Å². The lowest BCUT2D eigenvalue weighted by molar-refractivity contribution is 0.0955. The number of hydrogen-bond donors (Lipinski definition) is 4. The molecular weight excluding hydrogens is 290 g/mol. The van der Waals surface area contributed by atoms with Crippen molar-refractivity contribution in [2.75, 3.05) is 38.2 Å². The summed E-state index contributed by atoms with van der Waals surface area (Å²) in [6.45, 7) is 1.43. The van der Waals surface area contributed by atoms with E-state index in [0.717, 1.165) is 19.4 Å². The zero-order valence-electron chi connectivity index (χ0n) is 12.2. The molecule has 0 unspecified atom stereocenters. The molecule has 0 aliphatic heterocycles. The minimum Gasteiger partial charge on any atom is -0.397 e. The number of nitrogens with one attached hydrogen (secondary N) is 2. The third kappa shape index (κ3) is 3.85. The van der Waals surface area contributed by atoms with Crippen LogP contribution in [-0.2, 0) is 0 Å². The van der Waals surface area contributed by atoms with Crippen LogP contribution in [0.4, 0.5) is 10.7 Å². The highest BCUT2D eigenvalue weighted by Gasteiger charge is 2.28. The molecule has 6 N–H and O–H groups in total. The van der Waals surface area contributed by atoms with E-state index in [1.807, 2.05) is 19.0 Å². The molecule has 21 heavy (non-hydrogen) atoms.